The Bertz CT molecular complexity index is 300. The number of rotatable bonds is 7. The van der Waals surface area contributed by atoms with Crippen molar-refractivity contribution in [2.75, 3.05) is 25.2 Å². The molecule has 0 atom stereocenters. The third kappa shape index (κ3) is 4.72. The molecule has 1 amide bonds. The Morgan fingerprint density at radius 3 is 3.06 bits per heavy atom. The van der Waals surface area contributed by atoms with E-state index in [2.05, 4.69) is 0 Å². The summed E-state index contributed by atoms with van der Waals surface area (Å²) in [6.07, 6.45) is 2.34. The quantitative estimate of drug-likeness (QED) is 0.735. The SMILES string of the molecule is CN(Cc1ccco1)C(=O)CSCCCO. The molecule has 0 bridgehead atoms. The highest BCUT2D eigenvalue weighted by Gasteiger charge is 2.10. The van der Waals surface area contributed by atoms with E-state index >= 15 is 0 Å². The van der Waals surface area contributed by atoms with Gasteiger partial charge in [-0.15, -0.1) is 0 Å². The van der Waals surface area contributed by atoms with Gasteiger partial charge < -0.3 is 14.4 Å². The van der Waals surface area contributed by atoms with Crippen LogP contribution in [0.2, 0.25) is 0 Å². The summed E-state index contributed by atoms with van der Waals surface area (Å²) in [4.78, 5) is 13.3. The number of hydrogen-bond donors (Lipinski definition) is 1. The van der Waals surface area contributed by atoms with Crippen LogP contribution in [0.3, 0.4) is 0 Å². The molecule has 1 N–H and O–H groups in total. The van der Waals surface area contributed by atoms with Gasteiger partial charge in [0.05, 0.1) is 18.6 Å². The lowest BCUT2D eigenvalue weighted by Gasteiger charge is -2.15. The van der Waals surface area contributed by atoms with Gasteiger partial charge in [-0.1, -0.05) is 0 Å². The number of amides is 1. The van der Waals surface area contributed by atoms with E-state index in [1.54, 1.807) is 30.0 Å². The number of furan rings is 1. The van der Waals surface area contributed by atoms with Gasteiger partial charge in [-0.05, 0) is 24.3 Å². The molecule has 1 aromatic rings. The molecule has 0 fully saturated rings. The zero-order valence-electron chi connectivity index (χ0n) is 9.39. The fourth-order valence-corrected chi connectivity index (χ4v) is 2.03. The van der Waals surface area contributed by atoms with Crippen LogP contribution >= 0.6 is 11.8 Å². The van der Waals surface area contributed by atoms with Crippen molar-refractivity contribution < 1.29 is 14.3 Å². The number of hydrogen-bond acceptors (Lipinski definition) is 4. The van der Waals surface area contributed by atoms with Crippen molar-refractivity contribution in [3.05, 3.63) is 24.2 Å². The molecule has 0 saturated carbocycles. The van der Waals surface area contributed by atoms with Gasteiger partial charge in [0.1, 0.15) is 5.76 Å². The minimum atomic E-state index is 0.0827. The maximum absolute atomic E-state index is 11.6. The molecule has 90 valence electrons. The number of nitrogens with zero attached hydrogens (tertiary/aromatic N) is 1. The van der Waals surface area contributed by atoms with Crippen LogP contribution in [-0.2, 0) is 11.3 Å². The first-order valence-electron chi connectivity index (χ1n) is 5.19. The van der Waals surface area contributed by atoms with E-state index in [1.165, 1.54) is 0 Å². The van der Waals surface area contributed by atoms with Crippen molar-refractivity contribution in [3.8, 4) is 0 Å². The van der Waals surface area contributed by atoms with Crippen molar-refractivity contribution in [1.29, 1.82) is 0 Å². The van der Waals surface area contributed by atoms with Crippen LogP contribution in [-0.4, -0.2) is 41.1 Å². The average molecular weight is 243 g/mol. The normalized spacial score (nSPS) is 10.4. The maximum atomic E-state index is 11.6. The standard InChI is InChI=1S/C11H17NO3S/c1-12(8-10-4-2-6-15-10)11(14)9-16-7-3-5-13/h2,4,6,13H,3,5,7-9H2,1H3. The largest absolute Gasteiger partial charge is 0.467 e. The Labute approximate surface area is 99.6 Å². The third-order valence-electron chi connectivity index (χ3n) is 2.07. The minimum Gasteiger partial charge on any atom is -0.467 e. The van der Waals surface area contributed by atoms with Gasteiger partial charge in [0, 0.05) is 13.7 Å². The van der Waals surface area contributed by atoms with Crippen LogP contribution in [0.5, 0.6) is 0 Å². The lowest BCUT2D eigenvalue weighted by atomic mass is 10.4. The number of carbonyl (C=O) groups is 1. The number of aliphatic hydroxyl groups is 1. The Morgan fingerprint density at radius 2 is 2.44 bits per heavy atom. The summed E-state index contributed by atoms with van der Waals surface area (Å²) < 4.78 is 5.16. The molecule has 1 heterocycles. The Balaban J connectivity index is 2.20. The van der Waals surface area contributed by atoms with E-state index in [4.69, 9.17) is 9.52 Å². The molecule has 16 heavy (non-hydrogen) atoms. The topological polar surface area (TPSA) is 53.7 Å². The lowest BCUT2D eigenvalue weighted by Crippen LogP contribution is -2.27. The molecule has 0 saturated heterocycles. The number of carbonyl (C=O) groups excluding carboxylic acids is 1. The van der Waals surface area contributed by atoms with E-state index in [9.17, 15) is 4.79 Å². The van der Waals surface area contributed by atoms with Gasteiger partial charge in [0.25, 0.3) is 0 Å². The zero-order valence-corrected chi connectivity index (χ0v) is 10.2. The van der Waals surface area contributed by atoms with Gasteiger partial charge in [-0.3, -0.25) is 4.79 Å². The van der Waals surface area contributed by atoms with Crippen LogP contribution < -0.4 is 0 Å². The van der Waals surface area contributed by atoms with Gasteiger partial charge in [0.15, 0.2) is 0 Å². The summed E-state index contributed by atoms with van der Waals surface area (Å²) in [5, 5.41) is 8.59. The first-order valence-corrected chi connectivity index (χ1v) is 6.34. The van der Waals surface area contributed by atoms with Crippen LogP contribution in [0.15, 0.2) is 22.8 Å². The van der Waals surface area contributed by atoms with Gasteiger partial charge in [-0.2, -0.15) is 11.8 Å². The number of thioether (sulfide) groups is 1. The maximum Gasteiger partial charge on any atom is 0.232 e. The minimum absolute atomic E-state index is 0.0827. The van der Waals surface area contributed by atoms with E-state index in [1.807, 2.05) is 12.1 Å². The Kier molecular flexibility index (Phi) is 6.03. The molecule has 4 nitrogen and oxygen atoms in total. The molecular weight excluding hydrogens is 226 g/mol. The molecule has 0 aromatic carbocycles. The molecular formula is C11H17NO3S. The third-order valence-corrected chi connectivity index (χ3v) is 3.10. The van der Waals surface area contributed by atoms with Crippen molar-refractivity contribution in [1.82, 2.24) is 4.90 Å². The van der Waals surface area contributed by atoms with Crippen LogP contribution in [0.25, 0.3) is 0 Å². The van der Waals surface area contributed by atoms with Crippen molar-refractivity contribution in [3.63, 3.8) is 0 Å². The second kappa shape index (κ2) is 7.35. The second-order valence-electron chi connectivity index (χ2n) is 3.46. The van der Waals surface area contributed by atoms with E-state index in [0.717, 1.165) is 17.9 Å². The first-order chi connectivity index (χ1) is 7.74. The molecule has 0 aliphatic heterocycles. The molecule has 0 spiro atoms. The highest BCUT2D eigenvalue weighted by molar-refractivity contribution is 7.99. The summed E-state index contributed by atoms with van der Waals surface area (Å²) in [5.74, 6) is 2.14. The van der Waals surface area contributed by atoms with Gasteiger partial charge in [-0.25, -0.2) is 0 Å². The Morgan fingerprint density at radius 1 is 1.62 bits per heavy atom. The predicted molar refractivity (Wildman–Crippen MR) is 64.2 cm³/mol. The number of aliphatic hydroxyl groups excluding tert-OH is 1. The highest BCUT2D eigenvalue weighted by Crippen LogP contribution is 2.07. The second-order valence-corrected chi connectivity index (χ2v) is 4.56. The van der Waals surface area contributed by atoms with Crippen LogP contribution in [0.1, 0.15) is 12.2 Å². The molecule has 0 radical (unpaired) electrons. The summed E-state index contributed by atoms with van der Waals surface area (Å²) in [5.41, 5.74) is 0. The first kappa shape index (κ1) is 13.1. The fraction of sp³-hybridized carbons (Fsp3) is 0.545. The molecule has 0 unspecified atom stereocenters. The molecule has 0 aliphatic rings. The van der Waals surface area contributed by atoms with Crippen molar-refractivity contribution in [2.45, 2.75) is 13.0 Å². The molecule has 5 heteroatoms. The molecule has 0 aliphatic carbocycles. The monoisotopic (exact) mass is 243 g/mol. The summed E-state index contributed by atoms with van der Waals surface area (Å²) in [6, 6.07) is 3.66. The summed E-state index contributed by atoms with van der Waals surface area (Å²) in [7, 11) is 1.76. The van der Waals surface area contributed by atoms with E-state index in [0.29, 0.717) is 12.3 Å². The van der Waals surface area contributed by atoms with Gasteiger partial charge in [0.2, 0.25) is 5.91 Å². The molecule has 1 aromatic heterocycles. The van der Waals surface area contributed by atoms with E-state index < -0.39 is 0 Å². The van der Waals surface area contributed by atoms with Crippen LogP contribution in [0, 0.1) is 0 Å². The van der Waals surface area contributed by atoms with E-state index in [-0.39, 0.29) is 12.5 Å². The highest BCUT2D eigenvalue weighted by atomic mass is 32.2. The lowest BCUT2D eigenvalue weighted by molar-refractivity contribution is -0.127. The smallest absolute Gasteiger partial charge is 0.232 e. The van der Waals surface area contributed by atoms with Crippen LogP contribution in [0.4, 0.5) is 0 Å². The summed E-state index contributed by atoms with van der Waals surface area (Å²) >= 11 is 1.55. The summed E-state index contributed by atoms with van der Waals surface area (Å²) in [6.45, 7) is 0.690. The fourth-order valence-electron chi connectivity index (χ4n) is 1.16. The predicted octanol–water partition coefficient (Wildman–Crippen LogP) is 1.35. The van der Waals surface area contributed by atoms with Crippen molar-refractivity contribution >= 4 is 17.7 Å². The average Bonchev–Trinajstić information content (AvgIpc) is 2.76. The van der Waals surface area contributed by atoms with Crippen molar-refractivity contribution in [2.24, 2.45) is 0 Å². The molecule has 1 rings (SSSR count). The zero-order chi connectivity index (χ0) is 11.8. The Hall–Kier alpha value is -0.940. The van der Waals surface area contributed by atoms with Gasteiger partial charge >= 0.3 is 0 Å².